The van der Waals surface area contributed by atoms with Gasteiger partial charge in [-0.15, -0.1) is 0 Å². The molecule has 6 heteroatoms. The molecule has 0 spiro atoms. The van der Waals surface area contributed by atoms with Crippen molar-refractivity contribution in [1.82, 2.24) is 9.97 Å². The highest BCUT2D eigenvalue weighted by molar-refractivity contribution is 5.87. The van der Waals surface area contributed by atoms with Crippen molar-refractivity contribution in [3.05, 3.63) is 36.0 Å². The maximum Gasteiger partial charge on any atom is 0.354 e. The Morgan fingerprint density at radius 3 is 2.45 bits per heavy atom. The standard InChI is InChI=1S/C16H19N3O3/c1-4-9-22-12-7-5-11(6-8-12)15-17-13(16(20)21)10-14(18-15)19(2)3/h5-8,10H,4,9H2,1-3H3,(H,20,21). The normalized spacial score (nSPS) is 10.3. The van der Waals surface area contributed by atoms with Crippen LogP contribution in [0.15, 0.2) is 30.3 Å². The number of anilines is 1. The number of carboxylic acids is 1. The summed E-state index contributed by atoms with van der Waals surface area (Å²) < 4.78 is 5.53. The van der Waals surface area contributed by atoms with Gasteiger partial charge in [-0.05, 0) is 30.7 Å². The molecule has 1 heterocycles. The van der Waals surface area contributed by atoms with Crippen LogP contribution in [-0.2, 0) is 0 Å². The lowest BCUT2D eigenvalue weighted by Gasteiger charge is -2.13. The maximum atomic E-state index is 11.2. The first-order chi connectivity index (χ1) is 10.5. The molecule has 0 aliphatic rings. The van der Waals surface area contributed by atoms with Gasteiger partial charge < -0.3 is 14.7 Å². The minimum atomic E-state index is -1.07. The number of aromatic carboxylic acids is 1. The molecule has 1 aromatic carbocycles. The molecule has 0 radical (unpaired) electrons. The Kier molecular flexibility index (Phi) is 4.93. The van der Waals surface area contributed by atoms with Crippen molar-refractivity contribution in [3.63, 3.8) is 0 Å². The van der Waals surface area contributed by atoms with Gasteiger partial charge in [0.2, 0.25) is 0 Å². The molecule has 2 rings (SSSR count). The molecule has 0 amide bonds. The smallest absolute Gasteiger partial charge is 0.354 e. The van der Waals surface area contributed by atoms with Gasteiger partial charge >= 0.3 is 5.97 Å². The van der Waals surface area contributed by atoms with E-state index in [1.54, 1.807) is 19.0 Å². The zero-order valence-electron chi connectivity index (χ0n) is 12.9. The van der Waals surface area contributed by atoms with Crippen LogP contribution in [0, 0.1) is 0 Å². The number of ether oxygens (including phenoxy) is 1. The van der Waals surface area contributed by atoms with E-state index in [-0.39, 0.29) is 5.69 Å². The highest BCUT2D eigenvalue weighted by Crippen LogP contribution is 2.22. The molecular formula is C16H19N3O3. The molecule has 0 fully saturated rings. The van der Waals surface area contributed by atoms with Gasteiger partial charge in [0, 0.05) is 25.7 Å². The third kappa shape index (κ3) is 3.72. The fourth-order valence-electron chi connectivity index (χ4n) is 1.82. The van der Waals surface area contributed by atoms with E-state index in [1.165, 1.54) is 6.07 Å². The highest BCUT2D eigenvalue weighted by atomic mass is 16.5. The van der Waals surface area contributed by atoms with Crippen LogP contribution in [0.5, 0.6) is 5.75 Å². The largest absolute Gasteiger partial charge is 0.494 e. The van der Waals surface area contributed by atoms with Crippen LogP contribution in [0.25, 0.3) is 11.4 Å². The van der Waals surface area contributed by atoms with Gasteiger partial charge in [-0.2, -0.15) is 0 Å². The van der Waals surface area contributed by atoms with E-state index in [2.05, 4.69) is 9.97 Å². The maximum absolute atomic E-state index is 11.2. The van der Waals surface area contributed by atoms with Crippen LogP contribution < -0.4 is 9.64 Å². The summed E-state index contributed by atoms with van der Waals surface area (Å²) in [4.78, 5) is 21.4. The number of aromatic nitrogens is 2. The predicted molar refractivity (Wildman–Crippen MR) is 84.5 cm³/mol. The Labute approximate surface area is 129 Å². The Hall–Kier alpha value is -2.63. The van der Waals surface area contributed by atoms with Crippen molar-refractivity contribution >= 4 is 11.8 Å². The molecule has 0 saturated carbocycles. The van der Waals surface area contributed by atoms with Crippen molar-refractivity contribution in [2.75, 3.05) is 25.6 Å². The zero-order chi connectivity index (χ0) is 16.1. The van der Waals surface area contributed by atoms with Gasteiger partial charge in [0.15, 0.2) is 11.5 Å². The van der Waals surface area contributed by atoms with Crippen LogP contribution in [0.3, 0.4) is 0 Å². The molecule has 22 heavy (non-hydrogen) atoms. The van der Waals surface area contributed by atoms with Crippen molar-refractivity contribution in [2.45, 2.75) is 13.3 Å². The summed E-state index contributed by atoms with van der Waals surface area (Å²) >= 11 is 0. The lowest BCUT2D eigenvalue weighted by molar-refractivity contribution is 0.0690. The first-order valence-electron chi connectivity index (χ1n) is 7.04. The average molecular weight is 301 g/mol. The van der Waals surface area contributed by atoms with Gasteiger partial charge in [-0.25, -0.2) is 14.8 Å². The minimum Gasteiger partial charge on any atom is -0.494 e. The molecule has 0 unspecified atom stereocenters. The minimum absolute atomic E-state index is 0.0278. The molecule has 6 nitrogen and oxygen atoms in total. The van der Waals surface area contributed by atoms with Crippen molar-refractivity contribution < 1.29 is 14.6 Å². The summed E-state index contributed by atoms with van der Waals surface area (Å²) in [5.74, 6) is 0.627. The number of benzene rings is 1. The van der Waals surface area contributed by atoms with E-state index in [0.717, 1.165) is 17.7 Å². The zero-order valence-corrected chi connectivity index (χ0v) is 12.9. The van der Waals surface area contributed by atoms with E-state index in [9.17, 15) is 9.90 Å². The van der Waals surface area contributed by atoms with Crippen LogP contribution >= 0.6 is 0 Å². The summed E-state index contributed by atoms with van der Waals surface area (Å²) in [5.41, 5.74) is 0.718. The quantitative estimate of drug-likeness (QED) is 0.884. The van der Waals surface area contributed by atoms with Gasteiger partial charge in [0.1, 0.15) is 11.6 Å². The first kappa shape index (κ1) is 15.8. The van der Waals surface area contributed by atoms with Crippen LogP contribution in [-0.4, -0.2) is 41.7 Å². The van der Waals surface area contributed by atoms with E-state index in [4.69, 9.17) is 4.74 Å². The summed E-state index contributed by atoms with van der Waals surface area (Å²) in [6.07, 6.45) is 0.942. The molecule has 2 aromatic rings. The van der Waals surface area contributed by atoms with Crippen molar-refractivity contribution in [3.8, 4) is 17.1 Å². The number of rotatable bonds is 6. The Morgan fingerprint density at radius 2 is 1.91 bits per heavy atom. The lowest BCUT2D eigenvalue weighted by Crippen LogP contribution is -2.14. The summed E-state index contributed by atoms with van der Waals surface area (Å²) in [5, 5.41) is 9.17. The van der Waals surface area contributed by atoms with E-state index >= 15 is 0 Å². The number of hydrogen-bond donors (Lipinski definition) is 1. The molecule has 0 bridgehead atoms. The number of carbonyl (C=O) groups is 1. The Morgan fingerprint density at radius 1 is 1.23 bits per heavy atom. The number of nitrogens with zero attached hydrogens (tertiary/aromatic N) is 3. The first-order valence-corrected chi connectivity index (χ1v) is 7.04. The summed E-state index contributed by atoms with van der Waals surface area (Å²) in [6.45, 7) is 2.71. The number of carboxylic acid groups (broad SMARTS) is 1. The van der Waals surface area contributed by atoms with Crippen LogP contribution in [0.4, 0.5) is 5.82 Å². The number of hydrogen-bond acceptors (Lipinski definition) is 5. The lowest BCUT2D eigenvalue weighted by atomic mass is 10.2. The second kappa shape index (κ2) is 6.89. The summed E-state index contributed by atoms with van der Waals surface area (Å²) in [7, 11) is 3.61. The fraction of sp³-hybridized carbons (Fsp3) is 0.312. The average Bonchev–Trinajstić information content (AvgIpc) is 2.52. The van der Waals surface area contributed by atoms with Gasteiger partial charge in [0.25, 0.3) is 0 Å². The third-order valence-electron chi connectivity index (χ3n) is 2.98. The molecule has 0 aliphatic heterocycles. The summed E-state index contributed by atoms with van der Waals surface area (Å²) in [6, 6.07) is 8.76. The highest BCUT2D eigenvalue weighted by Gasteiger charge is 2.13. The second-order valence-electron chi connectivity index (χ2n) is 5.01. The van der Waals surface area contributed by atoms with Gasteiger partial charge in [0.05, 0.1) is 6.61 Å². The van der Waals surface area contributed by atoms with Crippen LogP contribution in [0.2, 0.25) is 0 Å². The molecule has 116 valence electrons. The topological polar surface area (TPSA) is 75.6 Å². The SMILES string of the molecule is CCCOc1ccc(-c2nc(C(=O)O)cc(N(C)C)n2)cc1. The van der Waals surface area contributed by atoms with E-state index < -0.39 is 5.97 Å². The molecule has 1 N–H and O–H groups in total. The fourth-order valence-corrected chi connectivity index (χ4v) is 1.82. The third-order valence-corrected chi connectivity index (χ3v) is 2.98. The van der Waals surface area contributed by atoms with Crippen molar-refractivity contribution in [1.29, 1.82) is 0 Å². The van der Waals surface area contributed by atoms with E-state index in [0.29, 0.717) is 18.2 Å². The molecule has 0 saturated heterocycles. The van der Waals surface area contributed by atoms with Crippen LogP contribution in [0.1, 0.15) is 23.8 Å². The van der Waals surface area contributed by atoms with E-state index in [1.807, 2.05) is 31.2 Å². The second-order valence-corrected chi connectivity index (χ2v) is 5.01. The van der Waals surface area contributed by atoms with Gasteiger partial charge in [-0.1, -0.05) is 6.92 Å². The van der Waals surface area contributed by atoms with Crippen molar-refractivity contribution in [2.24, 2.45) is 0 Å². The molecule has 0 atom stereocenters. The molecule has 1 aromatic heterocycles. The Bertz CT molecular complexity index is 654. The molecule has 0 aliphatic carbocycles. The van der Waals surface area contributed by atoms with Gasteiger partial charge in [-0.3, -0.25) is 0 Å². The monoisotopic (exact) mass is 301 g/mol. The predicted octanol–water partition coefficient (Wildman–Crippen LogP) is 2.70. The molecular weight excluding hydrogens is 282 g/mol. The Balaban J connectivity index is 2.36.